The summed E-state index contributed by atoms with van der Waals surface area (Å²) < 4.78 is 52.7. The number of carboxylic acid groups (broad SMARTS) is 1. The molecule has 2 aromatic rings. The Hall–Kier alpha value is -2.99. The number of carbonyl (C=O) groups is 2. The highest BCUT2D eigenvalue weighted by Crippen LogP contribution is 2.42. The van der Waals surface area contributed by atoms with Crippen molar-refractivity contribution < 1.29 is 37.0 Å². The van der Waals surface area contributed by atoms with Crippen LogP contribution in [-0.4, -0.2) is 82.4 Å². The van der Waals surface area contributed by atoms with Gasteiger partial charge in [-0.05, 0) is 31.5 Å². The van der Waals surface area contributed by atoms with Gasteiger partial charge in [-0.3, -0.25) is 9.69 Å². The molecule has 1 N–H and O–H groups in total. The molecule has 1 spiro atoms. The molecule has 192 valence electrons. The number of rotatable bonds is 4. The maximum Gasteiger partial charge on any atom is 0.490 e. The standard InChI is InChI=1S/C21H27FN4O2.C2HF3O2/c1-3-25-11-12-26-18(16-5-4-6-17(22)13-16)14-23-20(26)21(25)7-9-24(10-8-21)19(27)15-28-2;3-2(4,5)1(6)7/h4-6,13-14H,3,7-12,15H2,1-2H3;(H,6,7). The van der Waals surface area contributed by atoms with Gasteiger partial charge < -0.3 is 19.3 Å². The van der Waals surface area contributed by atoms with Crippen LogP contribution in [0, 0.1) is 5.82 Å². The molecule has 2 aliphatic rings. The third kappa shape index (κ3) is 5.64. The number of alkyl halides is 3. The molecule has 35 heavy (non-hydrogen) atoms. The van der Waals surface area contributed by atoms with Crippen LogP contribution in [0.25, 0.3) is 11.3 Å². The Labute approximate surface area is 200 Å². The normalized spacial score (nSPS) is 17.5. The highest BCUT2D eigenvalue weighted by molar-refractivity contribution is 5.77. The molecule has 1 fully saturated rings. The molecule has 0 atom stereocenters. The van der Waals surface area contributed by atoms with Gasteiger partial charge in [-0.15, -0.1) is 0 Å². The molecule has 3 heterocycles. The second-order valence-electron chi connectivity index (χ2n) is 8.36. The summed E-state index contributed by atoms with van der Waals surface area (Å²) >= 11 is 0. The lowest BCUT2D eigenvalue weighted by Gasteiger charge is -2.50. The van der Waals surface area contributed by atoms with Crippen molar-refractivity contribution in [2.24, 2.45) is 0 Å². The topological polar surface area (TPSA) is 87.9 Å². The number of hydrogen-bond donors (Lipinski definition) is 1. The van der Waals surface area contributed by atoms with E-state index in [-0.39, 0.29) is 23.9 Å². The number of imidazole rings is 1. The lowest BCUT2D eigenvalue weighted by atomic mass is 9.83. The Balaban J connectivity index is 0.000000429. The van der Waals surface area contributed by atoms with Crippen LogP contribution >= 0.6 is 0 Å². The maximum absolute atomic E-state index is 13.8. The third-order valence-corrected chi connectivity index (χ3v) is 6.43. The van der Waals surface area contributed by atoms with Gasteiger partial charge in [-0.1, -0.05) is 19.1 Å². The van der Waals surface area contributed by atoms with Crippen molar-refractivity contribution in [1.82, 2.24) is 19.4 Å². The van der Waals surface area contributed by atoms with Crippen LogP contribution in [0.3, 0.4) is 0 Å². The Bertz CT molecular complexity index is 1050. The number of piperidine rings is 1. The first-order valence-corrected chi connectivity index (χ1v) is 11.2. The van der Waals surface area contributed by atoms with E-state index in [1.807, 2.05) is 17.2 Å². The first kappa shape index (κ1) is 26.6. The fourth-order valence-electron chi connectivity index (χ4n) is 4.77. The predicted octanol–water partition coefficient (Wildman–Crippen LogP) is 3.12. The van der Waals surface area contributed by atoms with Gasteiger partial charge in [0.05, 0.1) is 17.4 Å². The summed E-state index contributed by atoms with van der Waals surface area (Å²) in [6.45, 7) is 6.40. The molecule has 0 radical (unpaired) electrons. The summed E-state index contributed by atoms with van der Waals surface area (Å²) in [4.78, 5) is 30.3. The molecular formula is C23H28F4N4O4. The lowest BCUT2D eigenvalue weighted by Crippen LogP contribution is -2.58. The van der Waals surface area contributed by atoms with Gasteiger partial charge in [-0.25, -0.2) is 14.2 Å². The minimum atomic E-state index is -5.08. The van der Waals surface area contributed by atoms with Crippen molar-refractivity contribution in [2.75, 3.05) is 39.9 Å². The fraction of sp³-hybridized carbons (Fsp3) is 0.522. The number of aromatic nitrogens is 2. The van der Waals surface area contributed by atoms with Crippen LogP contribution in [0.5, 0.6) is 0 Å². The zero-order chi connectivity index (χ0) is 25.8. The van der Waals surface area contributed by atoms with E-state index in [2.05, 4.69) is 16.4 Å². The molecular weight excluding hydrogens is 472 g/mol. The smallest absolute Gasteiger partial charge is 0.475 e. The van der Waals surface area contributed by atoms with Gasteiger partial charge in [0.2, 0.25) is 5.91 Å². The number of hydrogen-bond acceptors (Lipinski definition) is 5. The average molecular weight is 500 g/mol. The summed E-state index contributed by atoms with van der Waals surface area (Å²) in [6.07, 6.45) is -1.53. The van der Waals surface area contributed by atoms with Crippen LogP contribution < -0.4 is 0 Å². The number of amides is 1. The Morgan fingerprint density at radius 3 is 2.37 bits per heavy atom. The summed E-state index contributed by atoms with van der Waals surface area (Å²) in [5.74, 6) is -1.91. The minimum Gasteiger partial charge on any atom is -0.475 e. The monoisotopic (exact) mass is 500 g/mol. The van der Waals surface area contributed by atoms with Crippen molar-refractivity contribution in [3.63, 3.8) is 0 Å². The zero-order valence-corrected chi connectivity index (χ0v) is 19.5. The second-order valence-corrected chi connectivity index (χ2v) is 8.36. The van der Waals surface area contributed by atoms with Gasteiger partial charge in [-0.2, -0.15) is 13.2 Å². The average Bonchev–Trinajstić information content (AvgIpc) is 3.25. The number of aliphatic carboxylic acids is 1. The van der Waals surface area contributed by atoms with Gasteiger partial charge >= 0.3 is 12.1 Å². The van der Waals surface area contributed by atoms with Crippen molar-refractivity contribution in [3.8, 4) is 11.3 Å². The van der Waals surface area contributed by atoms with E-state index in [4.69, 9.17) is 19.6 Å². The van der Waals surface area contributed by atoms with Crippen molar-refractivity contribution >= 4 is 11.9 Å². The molecule has 8 nitrogen and oxygen atoms in total. The molecule has 0 unspecified atom stereocenters. The summed E-state index contributed by atoms with van der Waals surface area (Å²) in [7, 11) is 1.55. The van der Waals surface area contributed by atoms with Crippen molar-refractivity contribution in [1.29, 1.82) is 0 Å². The van der Waals surface area contributed by atoms with Crippen LogP contribution in [0.1, 0.15) is 25.6 Å². The van der Waals surface area contributed by atoms with Crippen LogP contribution in [-0.2, 0) is 26.4 Å². The molecule has 0 aliphatic carbocycles. The van der Waals surface area contributed by atoms with Crippen LogP contribution in [0.2, 0.25) is 0 Å². The molecule has 0 bridgehead atoms. The largest absolute Gasteiger partial charge is 0.490 e. The van der Waals surface area contributed by atoms with E-state index >= 15 is 0 Å². The number of halogens is 4. The van der Waals surface area contributed by atoms with Crippen LogP contribution in [0.15, 0.2) is 30.5 Å². The molecule has 1 saturated heterocycles. The molecule has 4 rings (SSSR count). The van der Waals surface area contributed by atoms with E-state index < -0.39 is 12.1 Å². The number of carbonyl (C=O) groups excluding carboxylic acids is 1. The number of ether oxygens (including phenoxy) is 1. The Kier molecular flexibility index (Phi) is 8.16. The summed E-state index contributed by atoms with van der Waals surface area (Å²) in [5.41, 5.74) is 1.64. The number of fused-ring (bicyclic) bond motifs is 2. The summed E-state index contributed by atoms with van der Waals surface area (Å²) in [5, 5.41) is 7.12. The number of methoxy groups -OCH3 is 1. The van der Waals surface area contributed by atoms with E-state index in [0.717, 1.165) is 49.6 Å². The highest BCUT2D eigenvalue weighted by atomic mass is 19.4. The predicted molar refractivity (Wildman–Crippen MR) is 118 cm³/mol. The first-order valence-electron chi connectivity index (χ1n) is 11.2. The van der Waals surface area contributed by atoms with Crippen molar-refractivity contribution in [3.05, 3.63) is 42.1 Å². The van der Waals surface area contributed by atoms with E-state index in [0.29, 0.717) is 13.1 Å². The fourth-order valence-corrected chi connectivity index (χ4v) is 4.77. The quantitative estimate of drug-likeness (QED) is 0.650. The maximum atomic E-state index is 13.8. The van der Waals surface area contributed by atoms with Gasteiger partial charge in [0.25, 0.3) is 0 Å². The summed E-state index contributed by atoms with van der Waals surface area (Å²) in [6, 6.07) is 6.69. The third-order valence-electron chi connectivity index (χ3n) is 6.43. The number of likely N-dealkylation sites (N-methyl/N-ethyl adjacent to an activating group) is 1. The highest BCUT2D eigenvalue weighted by Gasteiger charge is 2.47. The Morgan fingerprint density at radius 1 is 1.17 bits per heavy atom. The molecule has 1 aromatic heterocycles. The van der Waals surface area contributed by atoms with Gasteiger partial charge in [0.15, 0.2) is 0 Å². The SMILES string of the molecule is CCN1CCn2c(-c3cccc(F)c3)cnc2C12CCN(C(=O)COC)CC2.O=C(O)C(F)(F)F. The molecule has 1 amide bonds. The zero-order valence-electron chi connectivity index (χ0n) is 19.5. The van der Waals surface area contributed by atoms with E-state index in [1.54, 1.807) is 19.2 Å². The number of carboxylic acids is 1. The molecule has 2 aliphatic heterocycles. The first-order chi connectivity index (χ1) is 16.5. The molecule has 12 heteroatoms. The second kappa shape index (κ2) is 10.7. The molecule has 0 saturated carbocycles. The van der Waals surface area contributed by atoms with Gasteiger partial charge in [0.1, 0.15) is 18.2 Å². The number of likely N-dealkylation sites (tertiary alicyclic amines) is 1. The lowest BCUT2D eigenvalue weighted by molar-refractivity contribution is -0.192. The van der Waals surface area contributed by atoms with E-state index in [1.165, 1.54) is 6.07 Å². The van der Waals surface area contributed by atoms with Crippen LogP contribution in [0.4, 0.5) is 17.6 Å². The van der Waals surface area contributed by atoms with Gasteiger partial charge in [0, 0.05) is 38.9 Å². The Morgan fingerprint density at radius 2 is 1.83 bits per heavy atom. The minimum absolute atomic E-state index is 0.0417. The number of nitrogens with zero attached hydrogens (tertiary/aromatic N) is 4. The van der Waals surface area contributed by atoms with Crippen molar-refractivity contribution in [2.45, 2.75) is 38.0 Å². The van der Waals surface area contributed by atoms with E-state index in [9.17, 15) is 22.4 Å². The number of benzene rings is 1. The molecule has 1 aromatic carbocycles.